The van der Waals surface area contributed by atoms with Crippen molar-refractivity contribution in [3.05, 3.63) is 39.9 Å². The van der Waals surface area contributed by atoms with Crippen molar-refractivity contribution < 1.29 is 0 Å². The summed E-state index contributed by atoms with van der Waals surface area (Å²) in [6, 6.07) is 2.17. The summed E-state index contributed by atoms with van der Waals surface area (Å²) in [7, 11) is 1.99. The molecule has 0 radical (unpaired) electrons. The van der Waals surface area contributed by atoms with Gasteiger partial charge in [0.15, 0.2) is 0 Å². The Labute approximate surface area is 129 Å². The van der Waals surface area contributed by atoms with Crippen molar-refractivity contribution in [1.29, 1.82) is 0 Å². The molecule has 110 valence electrons. The van der Waals surface area contributed by atoms with Gasteiger partial charge in [0, 0.05) is 26.0 Å². The molecule has 0 bridgehead atoms. The molecule has 2 heterocycles. The summed E-state index contributed by atoms with van der Waals surface area (Å²) in [5.74, 6) is 0.686. The van der Waals surface area contributed by atoms with Gasteiger partial charge in [0.1, 0.15) is 0 Å². The van der Waals surface area contributed by atoms with Crippen LogP contribution >= 0.6 is 15.9 Å². The van der Waals surface area contributed by atoms with E-state index in [1.807, 2.05) is 18.7 Å². The summed E-state index contributed by atoms with van der Waals surface area (Å²) in [6.45, 7) is 9.28. The third-order valence-electron chi connectivity index (χ3n) is 3.29. The van der Waals surface area contributed by atoms with E-state index in [0.29, 0.717) is 5.92 Å². The molecule has 0 saturated carbocycles. The third kappa shape index (κ3) is 3.73. The minimum Gasteiger partial charge on any atom is -0.348 e. The number of rotatable bonds is 6. The lowest BCUT2D eigenvalue weighted by Gasteiger charge is -2.06. The van der Waals surface area contributed by atoms with E-state index in [2.05, 4.69) is 63.2 Å². The van der Waals surface area contributed by atoms with E-state index >= 15 is 0 Å². The van der Waals surface area contributed by atoms with Crippen LogP contribution in [0.25, 0.3) is 0 Å². The highest BCUT2D eigenvalue weighted by molar-refractivity contribution is 9.10. The lowest BCUT2D eigenvalue weighted by molar-refractivity contribution is 0.552. The monoisotopic (exact) mass is 338 g/mol. The van der Waals surface area contributed by atoms with Gasteiger partial charge in [-0.15, -0.1) is 0 Å². The topological polar surface area (TPSA) is 34.8 Å². The van der Waals surface area contributed by atoms with Gasteiger partial charge in [0.2, 0.25) is 0 Å². The summed E-state index contributed by atoms with van der Waals surface area (Å²) in [4.78, 5) is 0. The van der Waals surface area contributed by atoms with Crippen LogP contribution in [0.2, 0.25) is 0 Å². The Balaban J connectivity index is 1.99. The van der Waals surface area contributed by atoms with Crippen LogP contribution in [0.15, 0.2) is 22.9 Å². The minimum atomic E-state index is 0.686. The van der Waals surface area contributed by atoms with Crippen LogP contribution in [-0.4, -0.2) is 20.9 Å². The van der Waals surface area contributed by atoms with Crippen molar-refractivity contribution in [2.75, 3.05) is 6.54 Å². The van der Waals surface area contributed by atoms with Gasteiger partial charge in [0.25, 0.3) is 0 Å². The first-order valence-corrected chi connectivity index (χ1v) is 7.80. The van der Waals surface area contributed by atoms with Crippen molar-refractivity contribution in [1.82, 2.24) is 19.7 Å². The lowest BCUT2D eigenvalue weighted by Crippen LogP contribution is -2.18. The Hall–Kier alpha value is -1.07. The average Bonchev–Trinajstić information content (AvgIpc) is 2.90. The van der Waals surface area contributed by atoms with Gasteiger partial charge < -0.3 is 9.88 Å². The first kappa shape index (κ1) is 15.3. The van der Waals surface area contributed by atoms with E-state index in [1.165, 1.54) is 11.3 Å². The molecule has 0 unspecified atom stereocenters. The summed E-state index contributed by atoms with van der Waals surface area (Å²) in [5, 5.41) is 7.89. The fourth-order valence-corrected chi connectivity index (χ4v) is 2.68. The van der Waals surface area contributed by atoms with Crippen LogP contribution in [0, 0.1) is 12.8 Å². The van der Waals surface area contributed by atoms with E-state index in [4.69, 9.17) is 0 Å². The fraction of sp³-hybridized carbons (Fsp3) is 0.533. The number of nitrogens with one attached hydrogen (secondary N) is 1. The molecular weight excluding hydrogens is 316 g/mol. The van der Waals surface area contributed by atoms with Crippen LogP contribution in [0.5, 0.6) is 0 Å². The first-order valence-electron chi connectivity index (χ1n) is 7.00. The van der Waals surface area contributed by atoms with E-state index in [1.54, 1.807) is 0 Å². The number of hydrogen-bond acceptors (Lipinski definition) is 2. The molecule has 0 aliphatic rings. The van der Waals surface area contributed by atoms with Gasteiger partial charge in [-0.05, 0) is 46.9 Å². The number of hydrogen-bond donors (Lipinski definition) is 1. The molecule has 0 aromatic carbocycles. The standard InChI is InChI=1S/C15H23BrN4/c1-11(2)7-17-8-13-5-6-20(9-13)10-14-15(16)12(3)18-19(14)4/h5-6,9,11,17H,7-8,10H2,1-4H3. The molecule has 0 atom stereocenters. The quantitative estimate of drug-likeness (QED) is 0.878. The summed E-state index contributed by atoms with van der Waals surface area (Å²) in [5.41, 5.74) is 3.55. The molecule has 4 nitrogen and oxygen atoms in total. The van der Waals surface area contributed by atoms with Crippen LogP contribution in [-0.2, 0) is 20.1 Å². The molecule has 20 heavy (non-hydrogen) atoms. The van der Waals surface area contributed by atoms with Crippen molar-refractivity contribution in [2.45, 2.75) is 33.9 Å². The molecule has 1 N–H and O–H groups in total. The van der Waals surface area contributed by atoms with Gasteiger partial charge in [-0.3, -0.25) is 4.68 Å². The second kappa shape index (κ2) is 6.59. The largest absolute Gasteiger partial charge is 0.348 e. The highest BCUT2D eigenvalue weighted by Gasteiger charge is 2.10. The predicted molar refractivity (Wildman–Crippen MR) is 85.7 cm³/mol. The fourth-order valence-electron chi connectivity index (χ4n) is 2.22. The van der Waals surface area contributed by atoms with E-state index < -0.39 is 0 Å². The molecule has 0 aliphatic carbocycles. The Morgan fingerprint density at radius 3 is 2.75 bits per heavy atom. The summed E-state index contributed by atoms with van der Waals surface area (Å²) < 4.78 is 5.25. The number of halogens is 1. The normalized spacial score (nSPS) is 11.5. The Morgan fingerprint density at radius 2 is 2.15 bits per heavy atom. The number of aryl methyl sites for hydroxylation is 2. The summed E-state index contributed by atoms with van der Waals surface area (Å²) >= 11 is 3.61. The smallest absolute Gasteiger partial charge is 0.0739 e. The highest BCUT2D eigenvalue weighted by atomic mass is 79.9. The molecule has 2 aromatic heterocycles. The van der Waals surface area contributed by atoms with Crippen molar-refractivity contribution >= 4 is 15.9 Å². The zero-order chi connectivity index (χ0) is 14.7. The van der Waals surface area contributed by atoms with Gasteiger partial charge in [-0.2, -0.15) is 5.10 Å². The van der Waals surface area contributed by atoms with Crippen molar-refractivity contribution in [3.63, 3.8) is 0 Å². The van der Waals surface area contributed by atoms with Crippen molar-refractivity contribution in [3.8, 4) is 0 Å². The SMILES string of the molecule is Cc1nn(C)c(Cn2ccc(CNCC(C)C)c2)c1Br. The summed E-state index contributed by atoms with van der Waals surface area (Å²) in [6.07, 6.45) is 4.32. The van der Waals surface area contributed by atoms with Gasteiger partial charge in [-0.25, -0.2) is 0 Å². The van der Waals surface area contributed by atoms with Crippen molar-refractivity contribution in [2.24, 2.45) is 13.0 Å². The maximum absolute atomic E-state index is 4.43. The molecule has 2 rings (SSSR count). The minimum absolute atomic E-state index is 0.686. The second-order valence-electron chi connectivity index (χ2n) is 5.69. The molecule has 0 spiro atoms. The second-order valence-corrected chi connectivity index (χ2v) is 6.48. The number of nitrogens with zero attached hydrogens (tertiary/aromatic N) is 3. The van der Waals surface area contributed by atoms with Gasteiger partial charge in [0.05, 0.1) is 22.4 Å². The van der Waals surface area contributed by atoms with E-state index in [-0.39, 0.29) is 0 Å². The third-order valence-corrected chi connectivity index (χ3v) is 4.32. The Bertz CT molecular complexity index is 568. The average molecular weight is 339 g/mol. The molecule has 0 fully saturated rings. The van der Waals surface area contributed by atoms with Crippen LogP contribution in [0.3, 0.4) is 0 Å². The molecule has 2 aromatic rings. The number of aromatic nitrogens is 3. The molecule has 0 saturated heterocycles. The zero-order valence-electron chi connectivity index (χ0n) is 12.7. The maximum atomic E-state index is 4.43. The van der Waals surface area contributed by atoms with Crippen LogP contribution < -0.4 is 5.32 Å². The zero-order valence-corrected chi connectivity index (χ0v) is 14.2. The Morgan fingerprint density at radius 1 is 1.40 bits per heavy atom. The Kier molecular flexibility index (Phi) is 5.05. The van der Waals surface area contributed by atoms with Gasteiger partial charge in [-0.1, -0.05) is 13.8 Å². The predicted octanol–water partition coefficient (Wildman–Crippen LogP) is 3.09. The van der Waals surface area contributed by atoms with E-state index in [0.717, 1.165) is 29.8 Å². The maximum Gasteiger partial charge on any atom is 0.0739 e. The lowest BCUT2D eigenvalue weighted by atomic mass is 10.2. The first-order chi connectivity index (χ1) is 9.47. The van der Waals surface area contributed by atoms with Crippen LogP contribution in [0.1, 0.15) is 30.8 Å². The van der Waals surface area contributed by atoms with E-state index in [9.17, 15) is 0 Å². The molecule has 0 aliphatic heterocycles. The molecule has 5 heteroatoms. The van der Waals surface area contributed by atoms with Gasteiger partial charge >= 0.3 is 0 Å². The highest BCUT2D eigenvalue weighted by Crippen LogP contribution is 2.21. The van der Waals surface area contributed by atoms with Crippen LogP contribution in [0.4, 0.5) is 0 Å². The molecule has 0 amide bonds. The molecular formula is C15H23BrN4.